The van der Waals surface area contributed by atoms with Crippen LogP contribution in [0.25, 0.3) is 6.08 Å². The molecule has 3 rings (SSSR count). The number of carboxylic acid groups (broad SMARTS) is 1. The molecule has 0 atom stereocenters. The van der Waals surface area contributed by atoms with Crippen molar-refractivity contribution in [3.8, 4) is 17.6 Å². The average molecular weight is 546 g/mol. The number of carbonyl (C=O) groups is 2. The highest BCUT2D eigenvalue weighted by Crippen LogP contribution is 2.35. The minimum absolute atomic E-state index is 0.0360. The molecule has 0 unspecified atom stereocenters. The molecular formula is C24H23IN2O5. The monoisotopic (exact) mass is 546 g/mol. The van der Waals surface area contributed by atoms with E-state index in [9.17, 15) is 14.9 Å². The summed E-state index contributed by atoms with van der Waals surface area (Å²) in [5, 5.41) is 21.5. The number of ether oxygens (including phenoxy) is 2. The molecule has 1 aliphatic rings. The molecule has 0 heterocycles. The molecule has 7 nitrogen and oxygen atoms in total. The maximum atomic E-state index is 12.5. The second-order valence-electron chi connectivity index (χ2n) is 7.45. The molecule has 2 aromatic rings. The summed E-state index contributed by atoms with van der Waals surface area (Å²) in [6.45, 7) is 0.163. The Morgan fingerprint density at radius 3 is 2.69 bits per heavy atom. The van der Waals surface area contributed by atoms with E-state index in [1.54, 1.807) is 30.3 Å². The molecule has 32 heavy (non-hydrogen) atoms. The van der Waals surface area contributed by atoms with Crippen molar-refractivity contribution in [2.75, 3.05) is 7.11 Å². The number of nitriles is 1. The van der Waals surface area contributed by atoms with Crippen molar-refractivity contribution in [1.29, 1.82) is 5.26 Å². The van der Waals surface area contributed by atoms with Gasteiger partial charge < -0.3 is 19.9 Å². The number of amides is 1. The molecule has 1 amide bonds. The van der Waals surface area contributed by atoms with Crippen molar-refractivity contribution in [3.05, 3.63) is 62.2 Å². The van der Waals surface area contributed by atoms with Gasteiger partial charge in [0.1, 0.15) is 18.2 Å². The van der Waals surface area contributed by atoms with E-state index in [0.29, 0.717) is 22.6 Å². The van der Waals surface area contributed by atoms with Crippen LogP contribution in [0.4, 0.5) is 0 Å². The van der Waals surface area contributed by atoms with Gasteiger partial charge in [0.2, 0.25) is 0 Å². The van der Waals surface area contributed by atoms with Crippen LogP contribution in [-0.2, 0) is 11.4 Å². The lowest BCUT2D eigenvalue weighted by atomic mass is 10.1. The zero-order valence-electron chi connectivity index (χ0n) is 17.6. The number of aromatic carboxylic acids is 1. The van der Waals surface area contributed by atoms with Crippen LogP contribution < -0.4 is 14.8 Å². The lowest BCUT2D eigenvalue weighted by Gasteiger charge is -2.14. The van der Waals surface area contributed by atoms with Crippen LogP contribution in [0.1, 0.15) is 47.2 Å². The summed E-state index contributed by atoms with van der Waals surface area (Å²) in [6, 6.07) is 12.1. The summed E-state index contributed by atoms with van der Waals surface area (Å²) in [7, 11) is 1.51. The molecule has 8 heteroatoms. The molecule has 2 aromatic carbocycles. The minimum atomic E-state index is -1.000. The zero-order valence-corrected chi connectivity index (χ0v) is 19.7. The number of benzene rings is 2. The van der Waals surface area contributed by atoms with Gasteiger partial charge >= 0.3 is 5.97 Å². The number of halogens is 1. The number of methoxy groups -OCH3 is 1. The van der Waals surface area contributed by atoms with E-state index in [2.05, 4.69) is 27.9 Å². The van der Waals surface area contributed by atoms with E-state index < -0.39 is 5.97 Å². The van der Waals surface area contributed by atoms with E-state index in [0.717, 1.165) is 29.3 Å². The molecule has 1 aliphatic carbocycles. The van der Waals surface area contributed by atoms with Crippen molar-refractivity contribution < 1.29 is 24.2 Å². The number of hydrogen-bond acceptors (Lipinski definition) is 5. The van der Waals surface area contributed by atoms with E-state index in [4.69, 9.17) is 14.6 Å². The first kappa shape index (κ1) is 23.6. The van der Waals surface area contributed by atoms with E-state index in [1.807, 2.05) is 6.07 Å². The number of nitrogens with zero attached hydrogens (tertiary/aromatic N) is 1. The summed E-state index contributed by atoms with van der Waals surface area (Å²) in [4.78, 5) is 23.6. The summed E-state index contributed by atoms with van der Waals surface area (Å²) in [6.07, 6.45) is 5.60. The molecule has 2 N–H and O–H groups in total. The standard InChI is InChI=1S/C24H23IN2O5/c1-31-21-12-16(10-18(13-26)23(28)27-19-7-2-3-8-19)11-20(25)22(21)32-14-15-5-4-6-17(9-15)24(29)30/h4-6,9-12,19H,2-3,7-8,14H2,1H3,(H,27,28)(H,29,30)/b18-10-. The first-order valence-corrected chi connectivity index (χ1v) is 11.2. The molecule has 0 saturated heterocycles. The Balaban J connectivity index is 1.78. The normalized spacial score (nSPS) is 14.0. The van der Waals surface area contributed by atoms with Crippen LogP contribution in [0, 0.1) is 14.9 Å². The van der Waals surface area contributed by atoms with Crippen LogP contribution in [0.5, 0.6) is 11.5 Å². The van der Waals surface area contributed by atoms with Gasteiger partial charge in [0.15, 0.2) is 11.5 Å². The van der Waals surface area contributed by atoms with Gasteiger partial charge in [-0.2, -0.15) is 5.26 Å². The topological polar surface area (TPSA) is 109 Å². The Morgan fingerprint density at radius 2 is 2.03 bits per heavy atom. The third-order valence-corrected chi connectivity index (χ3v) is 5.98. The fraction of sp³-hybridized carbons (Fsp3) is 0.292. The van der Waals surface area contributed by atoms with Crippen LogP contribution in [-0.4, -0.2) is 30.1 Å². The zero-order chi connectivity index (χ0) is 23.1. The van der Waals surface area contributed by atoms with Gasteiger partial charge in [-0.05, 0) is 76.9 Å². The smallest absolute Gasteiger partial charge is 0.335 e. The first-order chi connectivity index (χ1) is 15.4. The van der Waals surface area contributed by atoms with Gasteiger partial charge in [-0.3, -0.25) is 4.79 Å². The van der Waals surface area contributed by atoms with Crippen molar-refractivity contribution in [1.82, 2.24) is 5.32 Å². The van der Waals surface area contributed by atoms with Gasteiger partial charge in [0.25, 0.3) is 5.91 Å². The lowest BCUT2D eigenvalue weighted by molar-refractivity contribution is -0.117. The lowest BCUT2D eigenvalue weighted by Crippen LogP contribution is -2.33. The van der Waals surface area contributed by atoms with Crippen molar-refractivity contribution >= 4 is 40.5 Å². The second kappa shape index (κ2) is 11.0. The Bertz CT molecular complexity index is 1080. The molecule has 1 saturated carbocycles. The minimum Gasteiger partial charge on any atom is -0.493 e. The maximum absolute atomic E-state index is 12.5. The average Bonchev–Trinajstić information content (AvgIpc) is 3.29. The van der Waals surface area contributed by atoms with Crippen LogP contribution in [0.2, 0.25) is 0 Å². The van der Waals surface area contributed by atoms with Gasteiger partial charge in [-0.1, -0.05) is 25.0 Å². The molecule has 1 fully saturated rings. The van der Waals surface area contributed by atoms with Crippen molar-refractivity contribution in [2.24, 2.45) is 0 Å². The first-order valence-electron chi connectivity index (χ1n) is 10.2. The predicted octanol–water partition coefficient (Wildman–Crippen LogP) is 4.54. The molecular weight excluding hydrogens is 523 g/mol. The number of carboxylic acids is 1. The van der Waals surface area contributed by atoms with Gasteiger partial charge in [-0.25, -0.2) is 4.79 Å². The SMILES string of the molecule is COc1cc(/C=C(/C#N)C(=O)NC2CCCC2)cc(I)c1OCc1cccc(C(=O)O)c1. The van der Waals surface area contributed by atoms with Gasteiger partial charge in [-0.15, -0.1) is 0 Å². The maximum Gasteiger partial charge on any atom is 0.335 e. The summed E-state index contributed by atoms with van der Waals surface area (Å²) in [5.41, 5.74) is 1.58. The Hall–Kier alpha value is -3.06. The Morgan fingerprint density at radius 1 is 1.28 bits per heavy atom. The number of hydrogen-bond donors (Lipinski definition) is 2. The highest BCUT2D eigenvalue weighted by molar-refractivity contribution is 14.1. The second-order valence-corrected chi connectivity index (χ2v) is 8.62. The van der Waals surface area contributed by atoms with E-state index in [-0.39, 0.29) is 29.7 Å². The predicted molar refractivity (Wildman–Crippen MR) is 127 cm³/mol. The highest BCUT2D eigenvalue weighted by Gasteiger charge is 2.20. The molecule has 0 bridgehead atoms. The molecule has 0 spiro atoms. The van der Waals surface area contributed by atoms with Crippen LogP contribution >= 0.6 is 22.6 Å². The molecule has 0 aliphatic heterocycles. The van der Waals surface area contributed by atoms with Crippen molar-refractivity contribution in [2.45, 2.75) is 38.3 Å². The Labute approximate surface area is 200 Å². The molecule has 0 radical (unpaired) electrons. The van der Waals surface area contributed by atoms with E-state index >= 15 is 0 Å². The third-order valence-electron chi connectivity index (χ3n) is 5.18. The Kier molecular flexibility index (Phi) is 8.11. The summed E-state index contributed by atoms with van der Waals surface area (Å²) < 4.78 is 12.1. The number of nitrogens with one attached hydrogen (secondary N) is 1. The van der Waals surface area contributed by atoms with Crippen LogP contribution in [0.3, 0.4) is 0 Å². The van der Waals surface area contributed by atoms with Crippen LogP contribution in [0.15, 0.2) is 42.0 Å². The van der Waals surface area contributed by atoms with E-state index in [1.165, 1.54) is 19.3 Å². The molecule has 166 valence electrons. The quantitative estimate of drug-likeness (QED) is 0.286. The largest absolute Gasteiger partial charge is 0.493 e. The fourth-order valence-corrected chi connectivity index (χ4v) is 4.34. The van der Waals surface area contributed by atoms with Gasteiger partial charge in [0.05, 0.1) is 16.2 Å². The summed E-state index contributed by atoms with van der Waals surface area (Å²) >= 11 is 2.10. The summed E-state index contributed by atoms with van der Waals surface area (Å²) in [5.74, 6) is -0.418. The third kappa shape index (κ3) is 6.01. The highest BCUT2D eigenvalue weighted by atomic mass is 127. The van der Waals surface area contributed by atoms with Gasteiger partial charge in [0, 0.05) is 6.04 Å². The number of carbonyl (C=O) groups excluding carboxylic acids is 1. The number of rotatable bonds is 8. The van der Waals surface area contributed by atoms with Crippen molar-refractivity contribution in [3.63, 3.8) is 0 Å². The fourth-order valence-electron chi connectivity index (χ4n) is 3.56. The molecule has 0 aromatic heterocycles.